The zero-order valence-corrected chi connectivity index (χ0v) is 11.8. The Morgan fingerprint density at radius 2 is 2.21 bits per heavy atom. The van der Waals surface area contributed by atoms with Crippen LogP contribution in [0.3, 0.4) is 0 Å². The summed E-state index contributed by atoms with van der Waals surface area (Å²) in [5, 5.41) is 8.96. The lowest BCUT2D eigenvalue weighted by Crippen LogP contribution is -2.28. The molecule has 1 atom stereocenters. The minimum atomic E-state index is -0.0617. The number of amides is 1. The van der Waals surface area contributed by atoms with Gasteiger partial charge in [0.25, 0.3) is 5.91 Å². The second kappa shape index (κ2) is 6.33. The molecule has 0 aliphatic carbocycles. The van der Waals surface area contributed by atoms with Crippen LogP contribution in [0.4, 0.5) is 5.69 Å². The molecular weight excluding hydrogens is 258 g/mol. The molecule has 0 aliphatic heterocycles. The third-order valence-electron chi connectivity index (χ3n) is 2.88. The first-order valence-corrected chi connectivity index (χ1v) is 7.04. The van der Waals surface area contributed by atoms with E-state index in [1.165, 1.54) is 0 Å². The maximum absolute atomic E-state index is 12.1. The number of nitrogens with one attached hydrogen (secondary N) is 2. The maximum Gasteiger partial charge on any atom is 0.253 e. The predicted octanol–water partition coefficient (Wildman–Crippen LogP) is 2.72. The molecule has 2 rings (SSSR count). The molecule has 0 fully saturated rings. The Kier molecular flexibility index (Phi) is 4.52. The minimum Gasteiger partial charge on any atom is -0.387 e. The molecule has 1 aromatic carbocycles. The van der Waals surface area contributed by atoms with Crippen LogP contribution >= 0.6 is 11.3 Å². The summed E-state index contributed by atoms with van der Waals surface area (Å²) in [5.74, 6) is 0.166. The molecule has 1 amide bonds. The van der Waals surface area contributed by atoms with E-state index >= 15 is 0 Å². The summed E-state index contributed by atoms with van der Waals surface area (Å²) in [6.45, 7) is 2.65. The van der Waals surface area contributed by atoms with E-state index in [1.54, 1.807) is 17.5 Å². The highest BCUT2D eigenvalue weighted by Crippen LogP contribution is 2.17. The van der Waals surface area contributed by atoms with E-state index in [-0.39, 0.29) is 11.8 Å². The van der Waals surface area contributed by atoms with E-state index in [2.05, 4.69) is 22.5 Å². The number of hydrogen-bond donors (Lipinski definition) is 2. The maximum atomic E-state index is 12.1. The van der Waals surface area contributed by atoms with E-state index in [4.69, 9.17) is 0 Å². The van der Waals surface area contributed by atoms with Crippen LogP contribution in [0.2, 0.25) is 0 Å². The quantitative estimate of drug-likeness (QED) is 0.882. The van der Waals surface area contributed by atoms with Gasteiger partial charge in [0.15, 0.2) is 0 Å². The highest BCUT2D eigenvalue weighted by atomic mass is 32.1. The highest BCUT2D eigenvalue weighted by Gasteiger charge is 2.13. The van der Waals surface area contributed by atoms with Gasteiger partial charge < -0.3 is 10.6 Å². The van der Waals surface area contributed by atoms with Crippen molar-refractivity contribution in [1.82, 2.24) is 10.3 Å². The van der Waals surface area contributed by atoms with Crippen molar-refractivity contribution in [3.63, 3.8) is 0 Å². The fourth-order valence-electron chi connectivity index (χ4n) is 1.81. The van der Waals surface area contributed by atoms with Crippen LogP contribution in [-0.2, 0) is 0 Å². The number of para-hydroxylation sites is 1. The van der Waals surface area contributed by atoms with Crippen molar-refractivity contribution in [1.29, 1.82) is 0 Å². The van der Waals surface area contributed by atoms with Gasteiger partial charge in [-0.05, 0) is 12.1 Å². The minimum absolute atomic E-state index is 0.0617. The van der Waals surface area contributed by atoms with Gasteiger partial charge in [0.2, 0.25) is 0 Å². The number of benzene rings is 1. The fourth-order valence-corrected chi connectivity index (χ4v) is 2.50. The second-order valence-corrected chi connectivity index (χ2v) is 5.20. The fraction of sp³-hybridized carbons (Fsp3) is 0.286. The number of hydrogen-bond acceptors (Lipinski definition) is 4. The molecule has 5 heteroatoms. The second-order valence-electron chi connectivity index (χ2n) is 4.28. The van der Waals surface area contributed by atoms with Crippen molar-refractivity contribution >= 4 is 22.9 Å². The zero-order valence-electron chi connectivity index (χ0n) is 11.0. The van der Waals surface area contributed by atoms with Crippen molar-refractivity contribution in [3.05, 3.63) is 46.4 Å². The largest absolute Gasteiger partial charge is 0.387 e. The Labute approximate surface area is 116 Å². The molecule has 19 heavy (non-hydrogen) atoms. The Morgan fingerprint density at radius 1 is 1.42 bits per heavy atom. The van der Waals surface area contributed by atoms with Gasteiger partial charge in [-0.2, -0.15) is 0 Å². The van der Waals surface area contributed by atoms with Gasteiger partial charge in [-0.3, -0.25) is 4.79 Å². The first-order chi connectivity index (χ1) is 9.22. The Balaban J connectivity index is 1.98. The SMILES string of the molecule is CNc1ccccc1C(=O)NCC(C)c1nccs1. The number of carbonyl (C=O) groups is 1. The van der Waals surface area contributed by atoms with Crippen LogP contribution in [0.5, 0.6) is 0 Å². The number of nitrogens with zero attached hydrogens (tertiary/aromatic N) is 1. The number of anilines is 1. The van der Waals surface area contributed by atoms with Crippen LogP contribution in [0, 0.1) is 0 Å². The van der Waals surface area contributed by atoms with Crippen LogP contribution in [0.15, 0.2) is 35.8 Å². The van der Waals surface area contributed by atoms with Crippen LogP contribution < -0.4 is 10.6 Å². The molecule has 0 radical (unpaired) electrons. The molecule has 0 aliphatic rings. The van der Waals surface area contributed by atoms with Gasteiger partial charge in [-0.15, -0.1) is 11.3 Å². The van der Waals surface area contributed by atoms with E-state index < -0.39 is 0 Å². The monoisotopic (exact) mass is 275 g/mol. The lowest BCUT2D eigenvalue weighted by molar-refractivity contribution is 0.0952. The molecule has 2 aromatic rings. The van der Waals surface area contributed by atoms with Crippen LogP contribution in [0.1, 0.15) is 28.2 Å². The summed E-state index contributed by atoms with van der Waals surface area (Å²) in [7, 11) is 1.81. The molecule has 2 N–H and O–H groups in total. The third-order valence-corrected chi connectivity index (χ3v) is 3.89. The van der Waals surface area contributed by atoms with Crippen molar-refractivity contribution in [2.45, 2.75) is 12.8 Å². The summed E-state index contributed by atoms with van der Waals surface area (Å²) >= 11 is 1.61. The highest BCUT2D eigenvalue weighted by molar-refractivity contribution is 7.09. The van der Waals surface area contributed by atoms with Crippen molar-refractivity contribution in [3.8, 4) is 0 Å². The molecule has 0 saturated heterocycles. The van der Waals surface area contributed by atoms with Gasteiger partial charge in [-0.25, -0.2) is 4.98 Å². The Bertz CT molecular complexity index is 539. The van der Waals surface area contributed by atoms with E-state index in [9.17, 15) is 4.79 Å². The summed E-state index contributed by atoms with van der Waals surface area (Å²) in [6, 6.07) is 7.47. The van der Waals surface area contributed by atoms with Crippen LogP contribution in [0.25, 0.3) is 0 Å². The predicted molar refractivity (Wildman–Crippen MR) is 78.9 cm³/mol. The third kappa shape index (κ3) is 3.32. The van der Waals surface area contributed by atoms with E-state index in [1.807, 2.05) is 36.7 Å². The number of rotatable bonds is 5. The number of thiazole rings is 1. The topological polar surface area (TPSA) is 54.0 Å². The van der Waals surface area contributed by atoms with Crippen molar-refractivity contribution in [2.24, 2.45) is 0 Å². The zero-order chi connectivity index (χ0) is 13.7. The van der Waals surface area contributed by atoms with Gasteiger partial charge >= 0.3 is 0 Å². The lowest BCUT2D eigenvalue weighted by Gasteiger charge is -2.12. The molecule has 0 spiro atoms. The number of carbonyl (C=O) groups excluding carboxylic acids is 1. The first kappa shape index (κ1) is 13.5. The van der Waals surface area contributed by atoms with E-state index in [0.29, 0.717) is 12.1 Å². The summed E-state index contributed by atoms with van der Waals surface area (Å²) in [5.41, 5.74) is 1.50. The van der Waals surface area contributed by atoms with Gasteiger partial charge in [-0.1, -0.05) is 19.1 Å². The molecular formula is C14H17N3OS. The lowest BCUT2D eigenvalue weighted by atomic mass is 10.1. The molecule has 1 unspecified atom stereocenters. The smallest absolute Gasteiger partial charge is 0.253 e. The van der Waals surface area contributed by atoms with Crippen LogP contribution in [-0.4, -0.2) is 24.5 Å². The van der Waals surface area contributed by atoms with Gasteiger partial charge in [0, 0.05) is 36.8 Å². The molecule has 1 heterocycles. The summed E-state index contributed by atoms with van der Waals surface area (Å²) in [6.07, 6.45) is 1.79. The number of aromatic nitrogens is 1. The molecule has 0 bridgehead atoms. The summed E-state index contributed by atoms with van der Waals surface area (Å²) in [4.78, 5) is 16.4. The normalized spacial score (nSPS) is 11.9. The molecule has 100 valence electrons. The Morgan fingerprint density at radius 3 is 2.89 bits per heavy atom. The average molecular weight is 275 g/mol. The molecule has 1 aromatic heterocycles. The van der Waals surface area contributed by atoms with Gasteiger partial charge in [0.1, 0.15) is 0 Å². The Hall–Kier alpha value is -1.88. The van der Waals surface area contributed by atoms with Crippen molar-refractivity contribution < 1.29 is 4.79 Å². The van der Waals surface area contributed by atoms with E-state index in [0.717, 1.165) is 10.7 Å². The summed E-state index contributed by atoms with van der Waals surface area (Å²) < 4.78 is 0. The standard InChI is InChI=1S/C14H17N3OS/c1-10(14-16-7-8-19-14)9-17-13(18)11-5-3-4-6-12(11)15-2/h3-8,10,15H,9H2,1-2H3,(H,17,18). The molecule has 0 saturated carbocycles. The van der Waals surface area contributed by atoms with Gasteiger partial charge in [0.05, 0.1) is 10.6 Å². The first-order valence-electron chi connectivity index (χ1n) is 6.16. The molecule has 4 nitrogen and oxygen atoms in total. The van der Waals surface area contributed by atoms with Crippen molar-refractivity contribution in [2.75, 3.05) is 18.9 Å². The average Bonchev–Trinajstić information content (AvgIpc) is 2.98.